The SMILES string of the molecule is CN1CCCC1COc1nc(N2CCN(C(=O)O)C(CC#N)C2)c2cc(Br)c(Cl)cc2n1. The summed E-state index contributed by atoms with van der Waals surface area (Å²) in [5.74, 6) is 0.648. The van der Waals surface area contributed by atoms with Crippen LogP contribution in [0, 0.1) is 11.3 Å². The van der Waals surface area contributed by atoms with Gasteiger partial charge in [-0.1, -0.05) is 11.6 Å². The number of nitrogens with zero attached hydrogens (tertiary/aromatic N) is 6. The molecule has 2 aromatic rings. The minimum absolute atomic E-state index is 0.110. The number of hydrogen-bond acceptors (Lipinski definition) is 7. The molecule has 2 unspecified atom stereocenters. The van der Waals surface area contributed by atoms with E-state index in [1.165, 1.54) is 4.90 Å². The van der Waals surface area contributed by atoms with Gasteiger partial charge in [-0.3, -0.25) is 0 Å². The summed E-state index contributed by atoms with van der Waals surface area (Å²) in [4.78, 5) is 26.5. The molecule has 4 rings (SSSR count). The van der Waals surface area contributed by atoms with Gasteiger partial charge in [-0.15, -0.1) is 0 Å². The summed E-state index contributed by atoms with van der Waals surface area (Å²) >= 11 is 9.79. The van der Waals surface area contributed by atoms with E-state index in [0.29, 0.717) is 42.1 Å². The first-order valence-electron chi connectivity index (χ1n) is 10.5. The molecule has 2 saturated heterocycles. The first-order valence-corrected chi connectivity index (χ1v) is 11.7. The number of piperazine rings is 1. The van der Waals surface area contributed by atoms with Gasteiger partial charge in [-0.2, -0.15) is 15.2 Å². The third-order valence-corrected chi connectivity index (χ3v) is 7.33. The van der Waals surface area contributed by atoms with Crippen LogP contribution in [-0.4, -0.2) is 82.9 Å². The number of anilines is 1. The molecule has 2 fully saturated rings. The number of likely N-dealkylation sites (tertiary alicyclic amines) is 1. The first kappa shape index (κ1) is 22.8. The van der Waals surface area contributed by atoms with Crippen LogP contribution in [0.25, 0.3) is 10.9 Å². The van der Waals surface area contributed by atoms with Crippen molar-refractivity contribution >= 4 is 50.3 Å². The molecule has 2 aliphatic rings. The van der Waals surface area contributed by atoms with Crippen molar-refractivity contribution in [1.29, 1.82) is 5.26 Å². The average Bonchev–Trinajstić information content (AvgIpc) is 3.17. The van der Waals surface area contributed by atoms with Crippen LogP contribution in [0.15, 0.2) is 16.6 Å². The number of likely N-dealkylation sites (N-methyl/N-ethyl adjacent to an activating group) is 1. The molecule has 0 saturated carbocycles. The Morgan fingerprint density at radius 1 is 1.34 bits per heavy atom. The summed E-state index contributed by atoms with van der Waals surface area (Å²) in [5, 5.41) is 20.0. The smallest absolute Gasteiger partial charge is 0.407 e. The molecule has 2 atom stereocenters. The van der Waals surface area contributed by atoms with Crippen LogP contribution in [-0.2, 0) is 0 Å². The summed E-state index contributed by atoms with van der Waals surface area (Å²) in [7, 11) is 2.09. The number of halogens is 2. The summed E-state index contributed by atoms with van der Waals surface area (Å²) in [5.41, 5.74) is 0.649. The lowest BCUT2D eigenvalue weighted by Gasteiger charge is -2.39. The molecule has 0 radical (unpaired) electrons. The highest BCUT2D eigenvalue weighted by atomic mass is 79.9. The minimum Gasteiger partial charge on any atom is -0.465 e. The molecular weight excluding hydrogens is 500 g/mol. The Labute approximate surface area is 199 Å². The second-order valence-corrected chi connectivity index (χ2v) is 9.40. The molecule has 1 aromatic heterocycles. The molecule has 3 heterocycles. The molecule has 1 amide bonds. The van der Waals surface area contributed by atoms with Crippen molar-refractivity contribution in [2.75, 3.05) is 44.7 Å². The van der Waals surface area contributed by atoms with Gasteiger partial charge in [-0.25, -0.2) is 4.79 Å². The van der Waals surface area contributed by atoms with E-state index >= 15 is 0 Å². The fourth-order valence-electron chi connectivity index (χ4n) is 4.33. The van der Waals surface area contributed by atoms with Gasteiger partial charge in [0.15, 0.2) is 0 Å². The van der Waals surface area contributed by atoms with Gasteiger partial charge >= 0.3 is 12.1 Å². The number of aromatic nitrogens is 2. The zero-order valence-corrected chi connectivity index (χ0v) is 20.0. The van der Waals surface area contributed by atoms with Crippen LogP contribution < -0.4 is 9.64 Å². The van der Waals surface area contributed by atoms with E-state index in [1.54, 1.807) is 6.07 Å². The maximum Gasteiger partial charge on any atom is 0.407 e. The Bertz CT molecular complexity index is 1060. The van der Waals surface area contributed by atoms with E-state index < -0.39 is 12.1 Å². The molecule has 1 N–H and O–H groups in total. The predicted molar refractivity (Wildman–Crippen MR) is 124 cm³/mol. The number of carboxylic acid groups (broad SMARTS) is 1. The molecule has 11 heteroatoms. The Kier molecular flexibility index (Phi) is 6.88. The van der Waals surface area contributed by atoms with Crippen molar-refractivity contribution in [3.05, 3.63) is 21.6 Å². The fraction of sp³-hybridized carbons (Fsp3) is 0.524. The lowest BCUT2D eigenvalue weighted by atomic mass is 10.1. The van der Waals surface area contributed by atoms with Crippen LogP contribution >= 0.6 is 27.5 Å². The minimum atomic E-state index is -1.02. The standard InChI is InChI=1S/C21H24BrClN6O3/c1-27-6-2-3-14(27)12-32-20-25-18-10-17(23)16(22)9-15(18)19(26-20)28-7-8-29(21(30)31)13(11-28)4-5-24/h9-10,13-14H,2-4,6-8,11-12H2,1H3,(H,30,31). The van der Waals surface area contributed by atoms with Crippen molar-refractivity contribution in [2.45, 2.75) is 31.3 Å². The molecule has 1 aromatic carbocycles. The van der Waals surface area contributed by atoms with Crippen LogP contribution in [0.4, 0.5) is 10.6 Å². The lowest BCUT2D eigenvalue weighted by molar-refractivity contribution is 0.119. The Balaban J connectivity index is 1.67. The summed E-state index contributed by atoms with van der Waals surface area (Å²) in [6, 6.07) is 5.88. The lowest BCUT2D eigenvalue weighted by Crippen LogP contribution is -2.55. The summed E-state index contributed by atoms with van der Waals surface area (Å²) in [6.07, 6.45) is 1.31. The zero-order valence-electron chi connectivity index (χ0n) is 17.7. The number of fused-ring (bicyclic) bond motifs is 1. The van der Waals surface area contributed by atoms with Crippen molar-refractivity contribution in [3.63, 3.8) is 0 Å². The van der Waals surface area contributed by atoms with Gasteiger partial charge in [0, 0.05) is 35.5 Å². The topological polar surface area (TPSA) is 106 Å². The molecular formula is C21H24BrClN6O3. The van der Waals surface area contributed by atoms with E-state index in [0.717, 1.165) is 29.2 Å². The van der Waals surface area contributed by atoms with Gasteiger partial charge in [0.2, 0.25) is 0 Å². The highest BCUT2D eigenvalue weighted by molar-refractivity contribution is 9.10. The van der Waals surface area contributed by atoms with E-state index in [2.05, 4.69) is 38.9 Å². The number of nitriles is 1. The third kappa shape index (κ3) is 4.70. The monoisotopic (exact) mass is 522 g/mol. The summed E-state index contributed by atoms with van der Waals surface area (Å²) in [6.45, 7) is 2.64. The quantitative estimate of drug-likeness (QED) is 0.634. The molecule has 170 valence electrons. The second-order valence-electron chi connectivity index (χ2n) is 8.14. The number of ether oxygens (including phenoxy) is 1. The van der Waals surface area contributed by atoms with Gasteiger partial charge < -0.3 is 24.5 Å². The van der Waals surface area contributed by atoms with E-state index in [4.69, 9.17) is 21.3 Å². The van der Waals surface area contributed by atoms with Gasteiger partial charge in [0.1, 0.15) is 12.4 Å². The van der Waals surface area contributed by atoms with Crippen LogP contribution in [0.5, 0.6) is 6.01 Å². The molecule has 0 spiro atoms. The van der Waals surface area contributed by atoms with Crippen molar-refractivity contribution in [3.8, 4) is 12.1 Å². The van der Waals surface area contributed by atoms with Gasteiger partial charge in [0.05, 0.1) is 29.1 Å². The van der Waals surface area contributed by atoms with Crippen LogP contribution in [0.3, 0.4) is 0 Å². The fourth-order valence-corrected chi connectivity index (χ4v) is 4.83. The predicted octanol–water partition coefficient (Wildman–Crippen LogP) is 3.60. The first-order chi connectivity index (χ1) is 15.4. The second kappa shape index (κ2) is 9.65. The maximum absolute atomic E-state index is 11.6. The maximum atomic E-state index is 11.6. The van der Waals surface area contributed by atoms with Crippen molar-refractivity contribution in [1.82, 2.24) is 19.8 Å². The number of amides is 1. The molecule has 32 heavy (non-hydrogen) atoms. The van der Waals surface area contributed by atoms with E-state index in [9.17, 15) is 15.2 Å². The Morgan fingerprint density at radius 3 is 2.84 bits per heavy atom. The highest BCUT2D eigenvalue weighted by Gasteiger charge is 2.32. The number of carbonyl (C=O) groups is 1. The molecule has 9 nitrogen and oxygen atoms in total. The van der Waals surface area contributed by atoms with E-state index in [-0.39, 0.29) is 19.0 Å². The molecule has 0 aliphatic carbocycles. The number of hydrogen-bond donors (Lipinski definition) is 1. The molecule has 2 aliphatic heterocycles. The largest absolute Gasteiger partial charge is 0.465 e. The van der Waals surface area contributed by atoms with Crippen molar-refractivity contribution in [2.24, 2.45) is 0 Å². The number of rotatable bonds is 5. The average molecular weight is 524 g/mol. The van der Waals surface area contributed by atoms with Crippen molar-refractivity contribution < 1.29 is 14.6 Å². The van der Waals surface area contributed by atoms with Gasteiger partial charge in [0.25, 0.3) is 0 Å². The zero-order chi connectivity index (χ0) is 22.8. The highest BCUT2D eigenvalue weighted by Crippen LogP contribution is 2.34. The van der Waals surface area contributed by atoms with Crippen LogP contribution in [0.2, 0.25) is 5.02 Å². The van der Waals surface area contributed by atoms with Crippen LogP contribution in [0.1, 0.15) is 19.3 Å². The third-order valence-electron chi connectivity index (χ3n) is 6.13. The van der Waals surface area contributed by atoms with Gasteiger partial charge in [-0.05, 0) is 54.5 Å². The Morgan fingerprint density at radius 2 is 2.16 bits per heavy atom. The Hall–Kier alpha value is -2.35. The van der Waals surface area contributed by atoms with E-state index in [1.807, 2.05) is 11.0 Å². The normalized spacial score (nSPS) is 21.7. The number of benzene rings is 1. The summed E-state index contributed by atoms with van der Waals surface area (Å²) < 4.78 is 6.72. The molecule has 0 bridgehead atoms.